The lowest BCUT2D eigenvalue weighted by Crippen LogP contribution is -2.44. The number of ether oxygens (including phenoxy) is 1. The number of carbonyl (C=O) groups excluding carboxylic acids is 2. The molecular formula is C24H35N5O3. The Morgan fingerprint density at radius 1 is 1.06 bits per heavy atom. The number of aromatic nitrogens is 2. The lowest BCUT2D eigenvalue weighted by molar-refractivity contribution is -0.137. The van der Waals surface area contributed by atoms with E-state index in [4.69, 9.17) is 4.74 Å². The standard InChI is InChI=1S/C24H35N5O3/c1-32-16-15-27-10-6-3-7-21(23(27)31)19-8-13-28(14-9-19)22(30)20-17-25-24(26-18-20)29-11-4-2-5-12-29/h3,6,17-19,21H,2,4-5,7-16H2,1H3. The summed E-state index contributed by atoms with van der Waals surface area (Å²) in [7, 11) is 1.66. The van der Waals surface area contributed by atoms with Crippen LogP contribution in [0.15, 0.2) is 24.5 Å². The molecule has 2 fully saturated rings. The Balaban J connectivity index is 1.32. The summed E-state index contributed by atoms with van der Waals surface area (Å²) in [6.07, 6.45) is 13.6. The third-order valence-electron chi connectivity index (χ3n) is 7.00. The first kappa shape index (κ1) is 22.7. The molecule has 0 aromatic carbocycles. The van der Waals surface area contributed by atoms with E-state index in [0.29, 0.717) is 44.3 Å². The number of amides is 2. The van der Waals surface area contributed by atoms with E-state index in [9.17, 15) is 9.59 Å². The third kappa shape index (κ3) is 5.28. The number of hydrogen-bond acceptors (Lipinski definition) is 6. The largest absolute Gasteiger partial charge is 0.383 e. The molecule has 1 atom stereocenters. The number of carbonyl (C=O) groups is 2. The van der Waals surface area contributed by atoms with Gasteiger partial charge in [0.15, 0.2) is 0 Å². The van der Waals surface area contributed by atoms with Gasteiger partial charge >= 0.3 is 0 Å². The third-order valence-corrected chi connectivity index (χ3v) is 7.00. The second kappa shape index (κ2) is 10.9. The van der Waals surface area contributed by atoms with Crippen LogP contribution in [0.3, 0.4) is 0 Å². The maximum absolute atomic E-state index is 13.1. The van der Waals surface area contributed by atoms with Gasteiger partial charge in [-0.05, 0) is 44.4 Å². The summed E-state index contributed by atoms with van der Waals surface area (Å²) < 4.78 is 5.16. The number of piperidine rings is 2. The molecule has 8 nitrogen and oxygen atoms in total. The van der Waals surface area contributed by atoms with E-state index < -0.39 is 0 Å². The van der Waals surface area contributed by atoms with Crippen LogP contribution in [0.2, 0.25) is 0 Å². The first-order valence-electron chi connectivity index (χ1n) is 12.0. The van der Waals surface area contributed by atoms with Crippen molar-refractivity contribution in [3.8, 4) is 0 Å². The topological polar surface area (TPSA) is 78.9 Å². The summed E-state index contributed by atoms with van der Waals surface area (Å²) in [5, 5.41) is 0. The highest BCUT2D eigenvalue weighted by molar-refractivity contribution is 5.93. The van der Waals surface area contributed by atoms with Crippen molar-refractivity contribution in [2.75, 3.05) is 57.9 Å². The zero-order valence-corrected chi connectivity index (χ0v) is 19.1. The number of rotatable bonds is 6. The summed E-state index contributed by atoms with van der Waals surface area (Å²) in [5.41, 5.74) is 0.545. The molecule has 3 aliphatic heterocycles. The molecule has 0 N–H and O–H groups in total. The molecule has 0 radical (unpaired) electrons. The smallest absolute Gasteiger partial charge is 0.256 e. The van der Waals surface area contributed by atoms with E-state index >= 15 is 0 Å². The highest BCUT2D eigenvalue weighted by atomic mass is 16.5. The second-order valence-corrected chi connectivity index (χ2v) is 9.04. The first-order valence-corrected chi connectivity index (χ1v) is 12.0. The van der Waals surface area contributed by atoms with Gasteiger partial charge in [-0.2, -0.15) is 0 Å². The molecule has 1 aromatic heterocycles. The van der Waals surface area contributed by atoms with Crippen molar-refractivity contribution < 1.29 is 14.3 Å². The van der Waals surface area contributed by atoms with Crippen LogP contribution in [-0.2, 0) is 9.53 Å². The van der Waals surface area contributed by atoms with E-state index in [0.717, 1.165) is 38.3 Å². The molecule has 2 saturated heterocycles. The van der Waals surface area contributed by atoms with E-state index in [1.165, 1.54) is 19.3 Å². The lowest BCUT2D eigenvalue weighted by Gasteiger charge is -2.36. The number of nitrogens with zero attached hydrogens (tertiary/aromatic N) is 5. The Labute approximate surface area is 190 Å². The fourth-order valence-electron chi connectivity index (χ4n) is 5.04. The number of likely N-dealkylation sites (tertiary alicyclic amines) is 1. The molecule has 1 unspecified atom stereocenters. The van der Waals surface area contributed by atoms with Crippen molar-refractivity contribution in [3.63, 3.8) is 0 Å². The van der Waals surface area contributed by atoms with Gasteiger partial charge in [-0.15, -0.1) is 0 Å². The average Bonchev–Trinajstić information content (AvgIpc) is 3.04. The Bertz CT molecular complexity index is 798. The van der Waals surface area contributed by atoms with Crippen molar-refractivity contribution in [1.29, 1.82) is 0 Å². The Hall–Kier alpha value is -2.48. The SMILES string of the molecule is COCCN1CC=CCC(C2CCN(C(=O)c3cnc(N4CCCCC4)nc3)CC2)C1=O. The zero-order chi connectivity index (χ0) is 22.3. The summed E-state index contributed by atoms with van der Waals surface area (Å²) in [6.45, 7) is 5.14. The van der Waals surface area contributed by atoms with Gasteiger partial charge < -0.3 is 19.4 Å². The van der Waals surface area contributed by atoms with Crippen molar-refractivity contribution in [3.05, 3.63) is 30.1 Å². The van der Waals surface area contributed by atoms with Gasteiger partial charge in [-0.3, -0.25) is 9.59 Å². The van der Waals surface area contributed by atoms with Crippen LogP contribution >= 0.6 is 0 Å². The average molecular weight is 442 g/mol. The van der Waals surface area contributed by atoms with Crippen LogP contribution in [0, 0.1) is 11.8 Å². The minimum Gasteiger partial charge on any atom is -0.383 e. The predicted molar refractivity (Wildman–Crippen MR) is 122 cm³/mol. The Morgan fingerprint density at radius 2 is 1.78 bits per heavy atom. The first-order chi connectivity index (χ1) is 15.7. The van der Waals surface area contributed by atoms with Gasteiger partial charge in [-0.1, -0.05) is 12.2 Å². The number of hydrogen-bond donors (Lipinski definition) is 0. The quantitative estimate of drug-likeness (QED) is 0.631. The second-order valence-electron chi connectivity index (χ2n) is 9.04. The van der Waals surface area contributed by atoms with Gasteiger partial charge in [0.2, 0.25) is 11.9 Å². The molecule has 0 saturated carbocycles. The van der Waals surface area contributed by atoms with Gasteiger partial charge in [0.1, 0.15) is 0 Å². The Kier molecular flexibility index (Phi) is 7.73. The number of methoxy groups -OCH3 is 1. The van der Waals surface area contributed by atoms with Gasteiger partial charge in [-0.25, -0.2) is 9.97 Å². The fraction of sp³-hybridized carbons (Fsp3) is 0.667. The molecule has 0 bridgehead atoms. The normalized spacial score (nSPS) is 22.8. The maximum Gasteiger partial charge on any atom is 0.256 e. The summed E-state index contributed by atoms with van der Waals surface area (Å²) in [4.78, 5) is 41.0. The molecule has 4 rings (SSSR count). The molecule has 8 heteroatoms. The molecule has 32 heavy (non-hydrogen) atoms. The molecular weight excluding hydrogens is 406 g/mol. The molecule has 2 amide bonds. The van der Waals surface area contributed by atoms with Crippen LogP contribution in [0.4, 0.5) is 5.95 Å². The molecule has 3 aliphatic rings. The highest BCUT2D eigenvalue weighted by Crippen LogP contribution is 2.31. The van der Waals surface area contributed by atoms with Crippen LogP contribution < -0.4 is 4.90 Å². The predicted octanol–water partition coefficient (Wildman–Crippen LogP) is 2.37. The van der Waals surface area contributed by atoms with Gasteiger partial charge in [0.25, 0.3) is 5.91 Å². The van der Waals surface area contributed by atoms with Crippen molar-refractivity contribution in [2.45, 2.75) is 38.5 Å². The minimum atomic E-state index is -0.0116. The molecule has 0 aliphatic carbocycles. The summed E-state index contributed by atoms with van der Waals surface area (Å²) in [5.74, 6) is 1.23. The highest BCUT2D eigenvalue weighted by Gasteiger charge is 2.35. The molecule has 4 heterocycles. The molecule has 1 aromatic rings. The fourth-order valence-corrected chi connectivity index (χ4v) is 5.04. The monoisotopic (exact) mass is 441 g/mol. The van der Waals surface area contributed by atoms with E-state index in [-0.39, 0.29) is 17.7 Å². The van der Waals surface area contributed by atoms with Gasteiger partial charge in [0, 0.05) is 64.7 Å². The maximum atomic E-state index is 13.1. The molecule has 0 spiro atoms. The molecule has 174 valence electrons. The number of anilines is 1. The zero-order valence-electron chi connectivity index (χ0n) is 19.1. The lowest BCUT2D eigenvalue weighted by atomic mass is 9.81. The summed E-state index contributed by atoms with van der Waals surface area (Å²) >= 11 is 0. The van der Waals surface area contributed by atoms with Crippen LogP contribution in [0.5, 0.6) is 0 Å². The van der Waals surface area contributed by atoms with Crippen LogP contribution in [-0.4, -0.2) is 84.6 Å². The van der Waals surface area contributed by atoms with E-state index in [1.54, 1.807) is 19.5 Å². The van der Waals surface area contributed by atoms with Crippen LogP contribution in [0.1, 0.15) is 48.9 Å². The van der Waals surface area contributed by atoms with Crippen molar-refractivity contribution >= 4 is 17.8 Å². The summed E-state index contributed by atoms with van der Waals surface area (Å²) in [6, 6.07) is 0. The number of allylic oxidation sites excluding steroid dienone is 1. The van der Waals surface area contributed by atoms with Crippen molar-refractivity contribution in [2.24, 2.45) is 11.8 Å². The Morgan fingerprint density at radius 3 is 2.47 bits per heavy atom. The van der Waals surface area contributed by atoms with Crippen LogP contribution in [0.25, 0.3) is 0 Å². The van der Waals surface area contributed by atoms with Crippen molar-refractivity contribution in [1.82, 2.24) is 19.8 Å². The van der Waals surface area contributed by atoms with E-state index in [2.05, 4.69) is 27.0 Å². The van der Waals surface area contributed by atoms with Gasteiger partial charge in [0.05, 0.1) is 12.2 Å². The van der Waals surface area contributed by atoms with E-state index in [1.807, 2.05) is 9.80 Å². The minimum absolute atomic E-state index is 0.00461.